The van der Waals surface area contributed by atoms with Crippen LogP contribution in [0.3, 0.4) is 0 Å². The van der Waals surface area contributed by atoms with Crippen LogP contribution in [0.15, 0.2) is 0 Å². The Hall–Kier alpha value is -1.03. The average Bonchev–Trinajstić information content (AvgIpc) is 2.88. The quantitative estimate of drug-likeness (QED) is 0.924. The summed E-state index contributed by atoms with van der Waals surface area (Å²) >= 11 is 6.25. The van der Waals surface area contributed by atoms with E-state index >= 15 is 0 Å². The molecular weight excluding hydrogens is 264 g/mol. The Morgan fingerprint density at radius 1 is 1.63 bits per heavy atom. The molecule has 1 aromatic rings. The molecule has 0 aliphatic heterocycles. The number of aliphatic carboxylic acids is 1. The van der Waals surface area contributed by atoms with E-state index in [1.807, 2.05) is 14.0 Å². The summed E-state index contributed by atoms with van der Waals surface area (Å²) < 4.78 is 1.72. The van der Waals surface area contributed by atoms with Crippen molar-refractivity contribution in [3.05, 3.63) is 16.4 Å². The van der Waals surface area contributed by atoms with Crippen molar-refractivity contribution in [3.8, 4) is 0 Å². The zero-order valence-electron chi connectivity index (χ0n) is 11.7. The third-order valence-electron chi connectivity index (χ3n) is 4.51. The van der Waals surface area contributed by atoms with Crippen LogP contribution in [0.1, 0.15) is 44.0 Å². The Balaban J connectivity index is 2.30. The molecule has 1 aromatic heterocycles. The number of hydrogen-bond donors (Lipinski definition) is 1. The molecule has 1 fully saturated rings. The van der Waals surface area contributed by atoms with E-state index in [-0.39, 0.29) is 0 Å². The second-order valence-corrected chi connectivity index (χ2v) is 6.13. The predicted octanol–water partition coefficient (Wildman–Crippen LogP) is 3.21. The van der Waals surface area contributed by atoms with E-state index in [1.54, 1.807) is 4.68 Å². The van der Waals surface area contributed by atoms with Crippen LogP contribution in [0.2, 0.25) is 5.02 Å². The Labute approximate surface area is 118 Å². The SMILES string of the molecule is CCC1CCC(Cc2c(Cl)c(C)nn2C)(C(=O)O)C1. The zero-order valence-corrected chi connectivity index (χ0v) is 12.5. The largest absolute Gasteiger partial charge is 0.481 e. The van der Waals surface area contributed by atoms with Crippen LogP contribution >= 0.6 is 11.6 Å². The van der Waals surface area contributed by atoms with Crippen LogP contribution < -0.4 is 0 Å². The maximum absolute atomic E-state index is 11.7. The number of halogens is 1. The van der Waals surface area contributed by atoms with Gasteiger partial charge in [0, 0.05) is 13.5 Å². The summed E-state index contributed by atoms with van der Waals surface area (Å²) in [7, 11) is 1.83. The van der Waals surface area contributed by atoms with E-state index in [0.717, 1.165) is 37.1 Å². The molecule has 2 rings (SSSR count). The number of hydrogen-bond acceptors (Lipinski definition) is 2. The number of carboxylic acid groups (broad SMARTS) is 1. The van der Waals surface area contributed by atoms with Gasteiger partial charge in [0.15, 0.2) is 0 Å². The molecule has 1 aliphatic carbocycles. The van der Waals surface area contributed by atoms with Gasteiger partial charge in [-0.25, -0.2) is 0 Å². The van der Waals surface area contributed by atoms with Crippen LogP contribution in [0.4, 0.5) is 0 Å². The van der Waals surface area contributed by atoms with Gasteiger partial charge >= 0.3 is 5.97 Å². The molecule has 0 spiro atoms. The first-order valence-electron chi connectivity index (χ1n) is 6.81. The molecule has 1 saturated carbocycles. The number of rotatable bonds is 4. The lowest BCUT2D eigenvalue weighted by Crippen LogP contribution is -2.31. The average molecular weight is 285 g/mol. The predicted molar refractivity (Wildman–Crippen MR) is 74.4 cm³/mol. The Kier molecular flexibility index (Phi) is 3.90. The molecular formula is C14H21ClN2O2. The Bertz CT molecular complexity index is 498. The summed E-state index contributed by atoms with van der Waals surface area (Å²) in [5, 5.41) is 14.5. The third kappa shape index (κ3) is 2.50. The van der Waals surface area contributed by atoms with Gasteiger partial charge < -0.3 is 5.11 Å². The van der Waals surface area contributed by atoms with E-state index in [9.17, 15) is 9.90 Å². The van der Waals surface area contributed by atoms with Gasteiger partial charge in [0.1, 0.15) is 0 Å². The Morgan fingerprint density at radius 3 is 2.74 bits per heavy atom. The lowest BCUT2D eigenvalue weighted by Gasteiger charge is -2.24. The molecule has 5 heteroatoms. The highest BCUT2D eigenvalue weighted by Crippen LogP contribution is 2.46. The first-order valence-corrected chi connectivity index (χ1v) is 7.19. The minimum atomic E-state index is -0.696. The van der Waals surface area contributed by atoms with Crippen molar-refractivity contribution in [3.63, 3.8) is 0 Å². The van der Waals surface area contributed by atoms with Crippen LogP contribution in [-0.4, -0.2) is 20.9 Å². The van der Waals surface area contributed by atoms with Gasteiger partial charge in [0.25, 0.3) is 0 Å². The first kappa shape index (κ1) is 14.4. The van der Waals surface area contributed by atoms with Gasteiger partial charge in [-0.15, -0.1) is 0 Å². The van der Waals surface area contributed by atoms with Crippen LogP contribution in [-0.2, 0) is 18.3 Å². The highest BCUT2D eigenvalue weighted by molar-refractivity contribution is 6.31. The molecule has 4 nitrogen and oxygen atoms in total. The summed E-state index contributed by atoms with van der Waals surface area (Å²) in [4.78, 5) is 11.7. The number of aromatic nitrogens is 2. The molecule has 1 heterocycles. The van der Waals surface area contributed by atoms with E-state index in [0.29, 0.717) is 17.4 Å². The Morgan fingerprint density at radius 2 is 2.32 bits per heavy atom. The van der Waals surface area contributed by atoms with Gasteiger partial charge in [-0.2, -0.15) is 5.10 Å². The summed E-state index contributed by atoms with van der Waals surface area (Å²) in [6.45, 7) is 3.98. The molecule has 2 unspecified atom stereocenters. The standard InChI is InChI=1S/C14H21ClN2O2/c1-4-10-5-6-14(7-10,13(18)19)8-11-12(15)9(2)16-17(11)3/h10H,4-8H2,1-3H3,(H,18,19). The van der Waals surface area contributed by atoms with Crippen LogP contribution in [0.5, 0.6) is 0 Å². The maximum Gasteiger partial charge on any atom is 0.310 e. The number of carboxylic acids is 1. The molecule has 106 valence electrons. The third-order valence-corrected chi connectivity index (χ3v) is 5.00. The van der Waals surface area contributed by atoms with Crippen molar-refractivity contribution in [2.75, 3.05) is 0 Å². The highest BCUT2D eigenvalue weighted by atomic mass is 35.5. The van der Waals surface area contributed by atoms with Crippen LogP contribution in [0, 0.1) is 18.3 Å². The van der Waals surface area contributed by atoms with Gasteiger partial charge in [0.2, 0.25) is 0 Å². The molecule has 0 radical (unpaired) electrons. The highest BCUT2D eigenvalue weighted by Gasteiger charge is 2.45. The van der Waals surface area contributed by atoms with Gasteiger partial charge in [0.05, 0.1) is 21.8 Å². The number of nitrogens with zero attached hydrogens (tertiary/aromatic N) is 2. The van der Waals surface area contributed by atoms with E-state index < -0.39 is 11.4 Å². The summed E-state index contributed by atoms with van der Waals surface area (Å²) in [5.41, 5.74) is 0.952. The second-order valence-electron chi connectivity index (χ2n) is 5.75. The fourth-order valence-electron chi connectivity index (χ4n) is 3.21. The molecule has 19 heavy (non-hydrogen) atoms. The molecule has 2 atom stereocenters. The van der Waals surface area contributed by atoms with Crippen LogP contribution in [0.25, 0.3) is 0 Å². The zero-order chi connectivity index (χ0) is 14.2. The molecule has 0 saturated heterocycles. The van der Waals surface area contributed by atoms with E-state index in [1.165, 1.54) is 0 Å². The number of carbonyl (C=O) groups is 1. The molecule has 1 N–H and O–H groups in total. The summed E-state index contributed by atoms with van der Waals surface area (Å²) in [6, 6.07) is 0. The van der Waals surface area contributed by atoms with Crippen molar-refractivity contribution < 1.29 is 9.90 Å². The molecule has 0 amide bonds. The van der Waals surface area contributed by atoms with Gasteiger partial charge in [-0.1, -0.05) is 24.9 Å². The minimum Gasteiger partial charge on any atom is -0.481 e. The normalized spacial score (nSPS) is 26.8. The fraction of sp³-hybridized carbons (Fsp3) is 0.714. The monoisotopic (exact) mass is 284 g/mol. The van der Waals surface area contributed by atoms with Crippen molar-refractivity contribution >= 4 is 17.6 Å². The molecule has 1 aliphatic rings. The summed E-state index contributed by atoms with van der Waals surface area (Å²) in [5.74, 6) is -0.178. The van der Waals surface area contributed by atoms with E-state index in [2.05, 4.69) is 12.0 Å². The first-order chi connectivity index (χ1) is 8.89. The second kappa shape index (κ2) is 5.16. The van der Waals surface area contributed by atoms with Crippen molar-refractivity contribution in [1.82, 2.24) is 9.78 Å². The van der Waals surface area contributed by atoms with Gasteiger partial charge in [-0.05, 0) is 32.1 Å². The topological polar surface area (TPSA) is 55.1 Å². The fourth-order valence-corrected chi connectivity index (χ4v) is 3.44. The molecule has 0 bridgehead atoms. The van der Waals surface area contributed by atoms with Crippen molar-refractivity contribution in [2.24, 2.45) is 18.4 Å². The molecule has 0 aromatic carbocycles. The maximum atomic E-state index is 11.7. The lowest BCUT2D eigenvalue weighted by atomic mass is 9.80. The summed E-state index contributed by atoms with van der Waals surface area (Å²) in [6.07, 6.45) is 4.01. The van der Waals surface area contributed by atoms with Crippen molar-refractivity contribution in [2.45, 2.75) is 46.0 Å². The minimum absolute atomic E-state index is 0.481. The van der Waals surface area contributed by atoms with Crippen molar-refractivity contribution in [1.29, 1.82) is 0 Å². The lowest BCUT2D eigenvalue weighted by molar-refractivity contribution is -0.148. The van der Waals surface area contributed by atoms with Gasteiger partial charge in [-0.3, -0.25) is 9.48 Å². The smallest absolute Gasteiger partial charge is 0.310 e. The number of aryl methyl sites for hydroxylation is 2. The van der Waals surface area contributed by atoms with E-state index in [4.69, 9.17) is 11.6 Å².